The van der Waals surface area contributed by atoms with E-state index >= 15 is 0 Å². The van der Waals surface area contributed by atoms with E-state index in [1.54, 1.807) is 24.3 Å². The largest absolute Gasteiger partial charge is 0.493 e. The molecule has 2 aromatic carbocycles. The highest BCUT2D eigenvalue weighted by atomic mass is 32.1. The number of hydrogen-bond acceptors (Lipinski definition) is 6. The molecule has 0 fully saturated rings. The molecule has 0 aliphatic carbocycles. The molecule has 0 spiro atoms. The number of fused-ring (bicyclic) bond motifs is 1. The first-order valence-corrected chi connectivity index (χ1v) is 10.1. The molecule has 0 aliphatic rings. The topological polar surface area (TPSA) is 81.5 Å². The number of carbonyl (C=O) groups is 1. The van der Waals surface area contributed by atoms with E-state index in [0.717, 1.165) is 21.3 Å². The maximum absolute atomic E-state index is 13.3. The van der Waals surface area contributed by atoms with E-state index in [4.69, 9.17) is 14.6 Å². The van der Waals surface area contributed by atoms with Gasteiger partial charge in [0.05, 0.1) is 24.2 Å². The molecule has 0 bridgehead atoms. The molecule has 0 saturated heterocycles. The van der Waals surface area contributed by atoms with E-state index in [1.807, 2.05) is 5.38 Å². The maximum Gasteiger partial charge on any atom is 0.335 e. The molecule has 0 atom stereocenters. The first-order valence-electron chi connectivity index (χ1n) is 9.19. The zero-order valence-electron chi connectivity index (χ0n) is 15.7. The van der Waals surface area contributed by atoms with Crippen molar-refractivity contribution in [3.8, 4) is 22.8 Å². The van der Waals surface area contributed by atoms with Crippen LogP contribution in [0.3, 0.4) is 0 Å². The maximum atomic E-state index is 13.3. The van der Waals surface area contributed by atoms with Crippen LogP contribution in [0.2, 0.25) is 0 Å². The number of aromatic nitrogens is 2. The van der Waals surface area contributed by atoms with Gasteiger partial charge in [0.1, 0.15) is 22.7 Å². The molecule has 2 heterocycles. The van der Waals surface area contributed by atoms with Crippen LogP contribution in [0.25, 0.3) is 21.3 Å². The quantitative estimate of drug-likeness (QED) is 0.399. The second kappa shape index (κ2) is 8.87. The Balaban J connectivity index is 1.41. The van der Waals surface area contributed by atoms with Crippen molar-refractivity contribution in [3.05, 3.63) is 71.6 Å². The SMILES string of the molecule is O=C(O)c1cccc(OCCCOc2ncnc3scc(-c4ccc(F)cc4)c23)c1. The summed E-state index contributed by atoms with van der Waals surface area (Å²) >= 11 is 1.47. The number of ether oxygens (including phenoxy) is 2. The van der Waals surface area contributed by atoms with Gasteiger partial charge in [0, 0.05) is 17.4 Å². The van der Waals surface area contributed by atoms with Gasteiger partial charge in [-0.05, 0) is 35.9 Å². The summed E-state index contributed by atoms with van der Waals surface area (Å²) < 4.78 is 24.7. The van der Waals surface area contributed by atoms with Gasteiger partial charge in [0.2, 0.25) is 5.88 Å². The first kappa shape index (κ1) is 19.8. The van der Waals surface area contributed by atoms with Gasteiger partial charge < -0.3 is 14.6 Å². The van der Waals surface area contributed by atoms with E-state index in [1.165, 1.54) is 41.9 Å². The van der Waals surface area contributed by atoms with Gasteiger partial charge >= 0.3 is 5.97 Å². The Kier molecular flexibility index (Phi) is 5.85. The highest BCUT2D eigenvalue weighted by Gasteiger charge is 2.14. The molecule has 6 nitrogen and oxygen atoms in total. The van der Waals surface area contributed by atoms with Crippen LogP contribution in [0.5, 0.6) is 11.6 Å². The summed E-state index contributed by atoms with van der Waals surface area (Å²) in [6, 6.07) is 12.6. The lowest BCUT2D eigenvalue weighted by atomic mass is 10.1. The van der Waals surface area contributed by atoms with Gasteiger partial charge in [0.25, 0.3) is 0 Å². The molecule has 4 rings (SSSR count). The first-order chi connectivity index (χ1) is 14.6. The van der Waals surface area contributed by atoms with Crippen LogP contribution in [0.15, 0.2) is 60.2 Å². The third kappa shape index (κ3) is 4.38. The monoisotopic (exact) mass is 424 g/mol. The van der Waals surface area contributed by atoms with Crippen molar-refractivity contribution in [2.75, 3.05) is 13.2 Å². The molecule has 30 heavy (non-hydrogen) atoms. The fourth-order valence-corrected chi connectivity index (χ4v) is 3.84. The van der Waals surface area contributed by atoms with Crippen molar-refractivity contribution >= 4 is 27.5 Å². The number of nitrogens with zero attached hydrogens (tertiary/aromatic N) is 2. The smallest absolute Gasteiger partial charge is 0.335 e. The van der Waals surface area contributed by atoms with E-state index in [-0.39, 0.29) is 11.4 Å². The Morgan fingerprint density at radius 2 is 1.87 bits per heavy atom. The van der Waals surface area contributed by atoms with Crippen molar-refractivity contribution in [3.63, 3.8) is 0 Å². The number of rotatable bonds is 8. The summed E-state index contributed by atoms with van der Waals surface area (Å²) in [5.41, 5.74) is 1.94. The van der Waals surface area contributed by atoms with Crippen LogP contribution >= 0.6 is 11.3 Å². The molecule has 2 aromatic heterocycles. The van der Waals surface area contributed by atoms with Crippen LogP contribution in [0.4, 0.5) is 4.39 Å². The van der Waals surface area contributed by atoms with Gasteiger partial charge in [-0.3, -0.25) is 0 Å². The minimum absolute atomic E-state index is 0.179. The normalized spacial score (nSPS) is 10.8. The number of aromatic carboxylic acids is 1. The lowest BCUT2D eigenvalue weighted by molar-refractivity contribution is 0.0696. The number of halogens is 1. The molecular weight excluding hydrogens is 407 g/mol. The van der Waals surface area contributed by atoms with Crippen molar-refractivity contribution in [1.29, 1.82) is 0 Å². The number of thiophene rings is 1. The van der Waals surface area contributed by atoms with E-state index in [2.05, 4.69) is 9.97 Å². The average molecular weight is 424 g/mol. The summed E-state index contributed by atoms with van der Waals surface area (Å²) in [5.74, 6) is -0.326. The number of carboxylic acids is 1. The van der Waals surface area contributed by atoms with Crippen LogP contribution in [0, 0.1) is 5.82 Å². The van der Waals surface area contributed by atoms with Crippen LogP contribution in [-0.2, 0) is 0 Å². The molecule has 4 aromatic rings. The molecule has 0 unspecified atom stereocenters. The van der Waals surface area contributed by atoms with Gasteiger partial charge in [-0.2, -0.15) is 0 Å². The third-order valence-electron chi connectivity index (χ3n) is 4.37. The Morgan fingerprint density at radius 1 is 1.07 bits per heavy atom. The lowest BCUT2D eigenvalue weighted by Crippen LogP contribution is -2.06. The Morgan fingerprint density at radius 3 is 2.67 bits per heavy atom. The fourth-order valence-electron chi connectivity index (χ4n) is 2.94. The number of benzene rings is 2. The summed E-state index contributed by atoms with van der Waals surface area (Å²) in [6.45, 7) is 0.731. The molecular formula is C22H17FN2O4S. The molecule has 1 N–H and O–H groups in total. The van der Waals surface area contributed by atoms with Crippen molar-refractivity contribution in [1.82, 2.24) is 9.97 Å². The van der Waals surface area contributed by atoms with Gasteiger partial charge in [0.15, 0.2) is 0 Å². The van der Waals surface area contributed by atoms with Gasteiger partial charge in [-0.15, -0.1) is 11.3 Å². The zero-order chi connectivity index (χ0) is 20.9. The number of carboxylic acid groups (broad SMARTS) is 1. The van der Waals surface area contributed by atoms with Crippen LogP contribution < -0.4 is 9.47 Å². The Labute approximate surface area is 175 Å². The van der Waals surface area contributed by atoms with Crippen LogP contribution in [0.1, 0.15) is 16.8 Å². The van der Waals surface area contributed by atoms with Crippen molar-refractivity contribution in [2.24, 2.45) is 0 Å². The fraction of sp³-hybridized carbons (Fsp3) is 0.136. The Bertz CT molecular complexity index is 1180. The van der Waals surface area contributed by atoms with Gasteiger partial charge in [-0.1, -0.05) is 18.2 Å². The second-order valence-electron chi connectivity index (χ2n) is 6.40. The highest BCUT2D eigenvalue weighted by Crippen LogP contribution is 2.37. The average Bonchev–Trinajstić information content (AvgIpc) is 3.19. The molecule has 0 amide bonds. The van der Waals surface area contributed by atoms with Crippen LogP contribution in [-0.4, -0.2) is 34.3 Å². The predicted molar refractivity (Wildman–Crippen MR) is 112 cm³/mol. The summed E-state index contributed by atoms with van der Waals surface area (Å²) in [7, 11) is 0. The minimum Gasteiger partial charge on any atom is -0.493 e. The molecule has 0 saturated carbocycles. The number of hydrogen-bond donors (Lipinski definition) is 1. The van der Waals surface area contributed by atoms with Crippen molar-refractivity contribution < 1.29 is 23.8 Å². The summed E-state index contributed by atoms with van der Waals surface area (Å²) in [4.78, 5) is 20.4. The van der Waals surface area contributed by atoms with Gasteiger partial charge in [-0.25, -0.2) is 19.2 Å². The Hall–Kier alpha value is -3.52. The predicted octanol–water partition coefficient (Wildman–Crippen LogP) is 5.04. The zero-order valence-corrected chi connectivity index (χ0v) is 16.6. The highest BCUT2D eigenvalue weighted by molar-refractivity contribution is 7.17. The second-order valence-corrected chi connectivity index (χ2v) is 7.26. The molecule has 0 radical (unpaired) electrons. The summed E-state index contributed by atoms with van der Waals surface area (Å²) in [6.07, 6.45) is 2.04. The standard InChI is InChI=1S/C22H17FN2O4S/c23-16-7-5-14(6-8-16)18-12-30-21-19(18)20(24-13-25-21)29-10-2-9-28-17-4-1-3-15(11-17)22(26)27/h1,3-8,11-13H,2,9-10H2,(H,26,27). The summed E-state index contributed by atoms with van der Waals surface area (Å²) in [5, 5.41) is 11.8. The van der Waals surface area contributed by atoms with E-state index in [0.29, 0.717) is 31.3 Å². The lowest BCUT2D eigenvalue weighted by Gasteiger charge is -2.09. The minimum atomic E-state index is -0.996. The van der Waals surface area contributed by atoms with E-state index in [9.17, 15) is 9.18 Å². The third-order valence-corrected chi connectivity index (χ3v) is 5.25. The molecule has 8 heteroatoms. The molecule has 0 aliphatic heterocycles. The molecule has 152 valence electrons. The van der Waals surface area contributed by atoms with Crippen molar-refractivity contribution in [2.45, 2.75) is 6.42 Å². The van der Waals surface area contributed by atoms with E-state index < -0.39 is 5.97 Å².